The molecular weight excluding hydrogens is 648 g/mol. The number of esters is 3. The van der Waals surface area contributed by atoms with Gasteiger partial charge < -0.3 is 14.2 Å². The highest BCUT2D eigenvalue weighted by atomic mass is 16.6. The molecule has 0 aliphatic carbocycles. The molecule has 0 aromatic carbocycles. The first-order valence-corrected chi connectivity index (χ1v) is 22.9. The fourth-order valence-electron chi connectivity index (χ4n) is 6.80. The Morgan fingerprint density at radius 3 is 0.942 bits per heavy atom. The molecule has 0 aliphatic rings. The highest BCUT2D eigenvalue weighted by Crippen LogP contribution is 2.16. The molecule has 6 nitrogen and oxygen atoms in total. The van der Waals surface area contributed by atoms with Gasteiger partial charge in [-0.2, -0.15) is 0 Å². The molecule has 0 aromatic rings. The molecule has 0 bridgehead atoms. The predicted molar refractivity (Wildman–Crippen MR) is 220 cm³/mol. The lowest BCUT2D eigenvalue weighted by molar-refractivity contribution is -0.167. The fraction of sp³-hybridized carbons (Fsp3) is 0.935. The summed E-state index contributed by atoms with van der Waals surface area (Å²) in [5.41, 5.74) is 0. The quantitative estimate of drug-likeness (QED) is 0.0353. The van der Waals surface area contributed by atoms with Crippen molar-refractivity contribution in [3.05, 3.63) is 0 Å². The number of ether oxygens (including phenoxy) is 3. The van der Waals surface area contributed by atoms with Gasteiger partial charge in [0, 0.05) is 19.3 Å². The van der Waals surface area contributed by atoms with E-state index in [1.54, 1.807) is 0 Å². The minimum Gasteiger partial charge on any atom is -0.462 e. The lowest BCUT2D eigenvalue weighted by atomic mass is 10.0. The van der Waals surface area contributed by atoms with Gasteiger partial charge in [-0.15, -0.1) is 0 Å². The molecule has 1 atom stereocenters. The van der Waals surface area contributed by atoms with Crippen LogP contribution in [-0.2, 0) is 28.6 Å². The zero-order chi connectivity index (χ0) is 38.2. The van der Waals surface area contributed by atoms with Crippen molar-refractivity contribution < 1.29 is 28.6 Å². The molecule has 0 saturated carbocycles. The molecule has 308 valence electrons. The second kappa shape index (κ2) is 40.6. The van der Waals surface area contributed by atoms with Gasteiger partial charge in [0.1, 0.15) is 13.2 Å². The summed E-state index contributed by atoms with van der Waals surface area (Å²) >= 11 is 0. The van der Waals surface area contributed by atoms with Crippen molar-refractivity contribution in [2.24, 2.45) is 5.92 Å². The Hall–Kier alpha value is -1.59. The molecular formula is C46H88O6. The largest absolute Gasteiger partial charge is 0.462 e. The standard InChI is InChI=1S/C46H88O6/c1-5-7-9-11-12-13-14-15-16-17-20-23-26-30-34-38-45(48)51-41-43(40-50-44(47)37-33-28-10-8-6-2)52-46(49)39-35-31-27-24-21-18-19-22-25-29-32-36-42(3)4/h42-43H,5-41H2,1-4H3/t43-/m0/s1. The van der Waals surface area contributed by atoms with E-state index < -0.39 is 6.10 Å². The van der Waals surface area contributed by atoms with Crippen molar-refractivity contribution in [3.63, 3.8) is 0 Å². The van der Waals surface area contributed by atoms with E-state index in [0.717, 1.165) is 70.1 Å². The van der Waals surface area contributed by atoms with Crippen LogP contribution in [0.25, 0.3) is 0 Å². The van der Waals surface area contributed by atoms with Gasteiger partial charge in [-0.25, -0.2) is 0 Å². The Morgan fingerprint density at radius 1 is 0.365 bits per heavy atom. The fourth-order valence-corrected chi connectivity index (χ4v) is 6.80. The maximum Gasteiger partial charge on any atom is 0.306 e. The van der Waals surface area contributed by atoms with E-state index in [-0.39, 0.29) is 31.1 Å². The smallest absolute Gasteiger partial charge is 0.306 e. The first-order valence-electron chi connectivity index (χ1n) is 22.9. The Balaban J connectivity index is 4.17. The Labute approximate surface area is 323 Å². The van der Waals surface area contributed by atoms with Crippen LogP contribution >= 0.6 is 0 Å². The van der Waals surface area contributed by atoms with Gasteiger partial charge >= 0.3 is 17.9 Å². The van der Waals surface area contributed by atoms with Crippen molar-refractivity contribution in [2.45, 2.75) is 259 Å². The van der Waals surface area contributed by atoms with Crippen LogP contribution < -0.4 is 0 Å². The second-order valence-corrected chi connectivity index (χ2v) is 16.2. The highest BCUT2D eigenvalue weighted by molar-refractivity contribution is 5.71. The molecule has 0 fully saturated rings. The van der Waals surface area contributed by atoms with Crippen molar-refractivity contribution >= 4 is 17.9 Å². The molecule has 0 N–H and O–H groups in total. The average Bonchev–Trinajstić information content (AvgIpc) is 3.12. The molecule has 52 heavy (non-hydrogen) atoms. The van der Waals surface area contributed by atoms with E-state index in [4.69, 9.17) is 14.2 Å². The third-order valence-corrected chi connectivity index (χ3v) is 10.3. The van der Waals surface area contributed by atoms with E-state index in [0.29, 0.717) is 19.3 Å². The summed E-state index contributed by atoms with van der Waals surface area (Å²) < 4.78 is 16.6. The molecule has 0 saturated heterocycles. The summed E-state index contributed by atoms with van der Waals surface area (Å²) in [6.07, 6.45) is 39.7. The maximum absolute atomic E-state index is 12.7. The topological polar surface area (TPSA) is 78.9 Å². The Bertz CT molecular complexity index is 781. The molecule has 0 rings (SSSR count). The van der Waals surface area contributed by atoms with E-state index in [9.17, 15) is 14.4 Å². The predicted octanol–water partition coefficient (Wildman–Crippen LogP) is 14.3. The number of unbranched alkanes of at least 4 members (excludes halogenated alkanes) is 28. The molecule has 0 aromatic heterocycles. The van der Waals surface area contributed by atoms with Crippen molar-refractivity contribution in [3.8, 4) is 0 Å². The van der Waals surface area contributed by atoms with Gasteiger partial charge in [-0.3, -0.25) is 14.4 Å². The molecule has 6 heteroatoms. The molecule has 0 amide bonds. The van der Waals surface area contributed by atoms with Gasteiger partial charge in [0.2, 0.25) is 0 Å². The summed E-state index contributed by atoms with van der Waals surface area (Å²) in [7, 11) is 0. The number of hydrogen-bond acceptors (Lipinski definition) is 6. The lowest BCUT2D eigenvalue weighted by Crippen LogP contribution is -2.30. The third kappa shape index (κ3) is 39.6. The van der Waals surface area contributed by atoms with Crippen LogP contribution in [0.4, 0.5) is 0 Å². The number of carbonyl (C=O) groups excluding carboxylic acids is 3. The first kappa shape index (κ1) is 50.4. The summed E-state index contributed by atoms with van der Waals surface area (Å²) in [4.78, 5) is 37.5. The number of hydrogen-bond donors (Lipinski definition) is 0. The van der Waals surface area contributed by atoms with E-state index >= 15 is 0 Å². The third-order valence-electron chi connectivity index (χ3n) is 10.3. The summed E-state index contributed by atoms with van der Waals surface area (Å²) in [6, 6.07) is 0. The van der Waals surface area contributed by atoms with Crippen LogP contribution in [0, 0.1) is 5.92 Å². The van der Waals surface area contributed by atoms with Crippen LogP contribution in [0.2, 0.25) is 0 Å². The van der Waals surface area contributed by atoms with E-state index in [2.05, 4.69) is 27.7 Å². The normalized spacial score (nSPS) is 11.9. The second-order valence-electron chi connectivity index (χ2n) is 16.2. The van der Waals surface area contributed by atoms with Crippen LogP contribution in [-0.4, -0.2) is 37.2 Å². The number of carbonyl (C=O) groups is 3. The van der Waals surface area contributed by atoms with Crippen LogP contribution in [0.3, 0.4) is 0 Å². The van der Waals surface area contributed by atoms with Crippen LogP contribution in [0.15, 0.2) is 0 Å². The van der Waals surface area contributed by atoms with Crippen LogP contribution in [0.1, 0.15) is 252 Å². The molecule has 0 heterocycles. The minimum absolute atomic E-state index is 0.0647. The SMILES string of the molecule is CCCCCCCCCCCCCCCCCC(=O)OC[C@H](COC(=O)CCCCCCC)OC(=O)CCCCCCCCCCCCCC(C)C. The van der Waals surface area contributed by atoms with Crippen molar-refractivity contribution in [1.82, 2.24) is 0 Å². The van der Waals surface area contributed by atoms with E-state index in [1.165, 1.54) is 141 Å². The highest BCUT2D eigenvalue weighted by Gasteiger charge is 2.19. The minimum atomic E-state index is -0.757. The van der Waals surface area contributed by atoms with Crippen LogP contribution in [0.5, 0.6) is 0 Å². The van der Waals surface area contributed by atoms with Gasteiger partial charge in [0.25, 0.3) is 0 Å². The van der Waals surface area contributed by atoms with E-state index in [1.807, 2.05) is 0 Å². The lowest BCUT2D eigenvalue weighted by Gasteiger charge is -2.18. The summed E-state index contributed by atoms with van der Waals surface area (Å²) in [6.45, 7) is 8.92. The Morgan fingerprint density at radius 2 is 0.635 bits per heavy atom. The molecule has 0 spiro atoms. The van der Waals surface area contributed by atoms with Crippen molar-refractivity contribution in [2.75, 3.05) is 13.2 Å². The van der Waals surface area contributed by atoms with Gasteiger partial charge in [0.05, 0.1) is 0 Å². The van der Waals surface area contributed by atoms with Gasteiger partial charge in [-0.1, -0.05) is 214 Å². The summed E-state index contributed by atoms with van der Waals surface area (Å²) in [5.74, 6) is -0.0424. The Kier molecular flexibility index (Phi) is 39.4. The summed E-state index contributed by atoms with van der Waals surface area (Å²) in [5, 5.41) is 0. The molecule has 0 unspecified atom stereocenters. The van der Waals surface area contributed by atoms with Crippen molar-refractivity contribution in [1.29, 1.82) is 0 Å². The first-order chi connectivity index (χ1) is 25.4. The van der Waals surface area contributed by atoms with Gasteiger partial charge in [0.15, 0.2) is 6.10 Å². The monoisotopic (exact) mass is 737 g/mol. The zero-order valence-electron chi connectivity index (χ0n) is 35.3. The zero-order valence-corrected chi connectivity index (χ0v) is 35.3. The molecule has 0 aliphatic heterocycles. The number of rotatable bonds is 41. The molecule has 0 radical (unpaired) electrons. The van der Waals surface area contributed by atoms with Gasteiger partial charge in [-0.05, 0) is 25.2 Å². The maximum atomic E-state index is 12.7. The average molecular weight is 737 g/mol.